The lowest BCUT2D eigenvalue weighted by Gasteiger charge is -2.45. The highest BCUT2D eigenvalue weighted by Crippen LogP contribution is 2.35. The quantitative estimate of drug-likeness (QED) is 0.893. The number of nitrogens with zero attached hydrogens (tertiary/aromatic N) is 1. The molecule has 1 aliphatic rings. The predicted molar refractivity (Wildman–Crippen MR) is 90.8 cm³/mol. The zero-order valence-corrected chi connectivity index (χ0v) is 15.3. The van der Waals surface area contributed by atoms with Gasteiger partial charge < -0.3 is 9.84 Å². The lowest BCUT2D eigenvalue weighted by Crippen LogP contribution is -2.56. The molecule has 1 saturated heterocycles. The summed E-state index contributed by atoms with van der Waals surface area (Å²) in [6.07, 6.45) is 0.558. The summed E-state index contributed by atoms with van der Waals surface area (Å²) in [6, 6.07) is 6.23. The molecule has 0 aromatic heterocycles. The fraction of sp³-hybridized carbons (Fsp3) is 0.588. The van der Waals surface area contributed by atoms with Crippen molar-refractivity contribution in [3.63, 3.8) is 0 Å². The number of ether oxygens (including phenoxy) is 1. The molecule has 1 heterocycles. The van der Waals surface area contributed by atoms with Gasteiger partial charge in [0.1, 0.15) is 11.1 Å². The number of carboxylic acids is 1. The number of hydrogen-bond donors (Lipinski definition) is 1. The molecule has 1 fully saturated rings. The molecule has 134 valence electrons. The van der Waals surface area contributed by atoms with Crippen molar-refractivity contribution in [2.45, 2.75) is 49.4 Å². The van der Waals surface area contributed by atoms with Gasteiger partial charge in [0.05, 0.1) is 17.9 Å². The lowest BCUT2D eigenvalue weighted by atomic mass is 9.93. The highest BCUT2D eigenvalue weighted by molar-refractivity contribution is 7.92. The molecule has 0 radical (unpaired) electrons. The van der Waals surface area contributed by atoms with Crippen LogP contribution in [0.25, 0.3) is 0 Å². The first-order chi connectivity index (χ1) is 11.1. The molecular weight excluding hydrogens is 330 g/mol. The number of aliphatic carboxylic acids is 1. The molecule has 2 rings (SSSR count). The zero-order chi connectivity index (χ0) is 18.1. The fourth-order valence-electron chi connectivity index (χ4n) is 3.14. The minimum atomic E-state index is -3.68. The van der Waals surface area contributed by atoms with Crippen LogP contribution in [0, 0.1) is 5.92 Å². The number of carbonyl (C=O) groups is 1. The molecule has 1 aliphatic heterocycles. The van der Waals surface area contributed by atoms with E-state index in [1.807, 2.05) is 25.7 Å². The maximum atomic E-state index is 13.1. The van der Waals surface area contributed by atoms with E-state index in [2.05, 4.69) is 0 Å². The summed E-state index contributed by atoms with van der Waals surface area (Å²) in [5.74, 6) is -0.992. The molecule has 2 atom stereocenters. The standard InChI is InChI=1S/C17H25NO5S/c1-17(2,3)18-10-9-12(16(19)20)11-15(18)24(21,22)14-7-5-13(23-4)6-8-14/h5-8,12,15H,9-11H2,1-4H3,(H,19,20). The molecule has 6 nitrogen and oxygen atoms in total. The molecule has 0 spiro atoms. The first-order valence-corrected chi connectivity index (χ1v) is 9.49. The van der Waals surface area contributed by atoms with Crippen LogP contribution in [0.4, 0.5) is 0 Å². The van der Waals surface area contributed by atoms with Crippen LogP contribution in [0.15, 0.2) is 29.2 Å². The Morgan fingerprint density at radius 3 is 2.29 bits per heavy atom. The van der Waals surface area contributed by atoms with E-state index in [0.717, 1.165) is 0 Å². The van der Waals surface area contributed by atoms with Crippen LogP contribution in [-0.2, 0) is 14.6 Å². The third kappa shape index (κ3) is 3.72. The van der Waals surface area contributed by atoms with Gasteiger partial charge in [0, 0.05) is 12.1 Å². The van der Waals surface area contributed by atoms with Crippen molar-refractivity contribution in [1.82, 2.24) is 4.90 Å². The topological polar surface area (TPSA) is 83.9 Å². The smallest absolute Gasteiger partial charge is 0.306 e. The third-order valence-corrected chi connectivity index (χ3v) is 6.60. The van der Waals surface area contributed by atoms with Gasteiger partial charge in [-0.25, -0.2) is 8.42 Å². The number of carboxylic acid groups (broad SMARTS) is 1. The van der Waals surface area contributed by atoms with Crippen LogP contribution in [0.3, 0.4) is 0 Å². The number of likely N-dealkylation sites (tertiary alicyclic amines) is 1. The summed E-state index contributed by atoms with van der Waals surface area (Å²) in [5.41, 5.74) is -0.367. The van der Waals surface area contributed by atoms with E-state index in [4.69, 9.17) is 4.74 Å². The Morgan fingerprint density at radius 1 is 1.25 bits per heavy atom. The molecular formula is C17H25NO5S. The Morgan fingerprint density at radius 2 is 1.83 bits per heavy atom. The Kier molecular flexibility index (Phi) is 5.25. The van der Waals surface area contributed by atoms with Crippen LogP contribution >= 0.6 is 0 Å². The van der Waals surface area contributed by atoms with Crippen molar-refractivity contribution in [2.75, 3.05) is 13.7 Å². The molecule has 0 amide bonds. The second kappa shape index (κ2) is 6.72. The number of hydrogen-bond acceptors (Lipinski definition) is 5. The second-order valence-electron chi connectivity index (χ2n) is 7.10. The normalized spacial score (nSPS) is 23.0. The highest BCUT2D eigenvalue weighted by atomic mass is 32.2. The van der Waals surface area contributed by atoms with Gasteiger partial charge >= 0.3 is 5.97 Å². The third-order valence-electron chi connectivity index (χ3n) is 4.51. The zero-order valence-electron chi connectivity index (χ0n) is 14.5. The van der Waals surface area contributed by atoms with Crippen molar-refractivity contribution in [1.29, 1.82) is 0 Å². The number of benzene rings is 1. The van der Waals surface area contributed by atoms with Crippen molar-refractivity contribution in [3.8, 4) is 5.75 Å². The van der Waals surface area contributed by atoms with Crippen molar-refractivity contribution in [3.05, 3.63) is 24.3 Å². The van der Waals surface area contributed by atoms with Gasteiger partial charge in [-0.05, 0) is 57.9 Å². The number of piperidine rings is 1. The molecule has 24 heavy (non-hydrogen) atoms. The van der Waals surface area contributed by atoms with Crippen LogP contribution in [0.2, 0.25) is 0 Å². The summed E-state index contributed by atoms with van der Waals surface area (Å²) >= 11 is 0. The Labute approximate surface area is 143 Å². The number of rotatable bonds is 4. The van der Waals surface area contributed by atoms with Crippen LogP contribution in [0.5, 0.6) is 5.75 Å². The van der Waals surface area contributed by atoms with Gasteiger partial charge in [-0.15, -0.1) is 0 Å². The van der Waals surface area contributed by atoms with Gasteiger partial charge in [-0.3, -0.25) is 9.69 Å². The molecule has 1 aromatic rings. The first kappa shape index (κ1) is 18.7. The summed E-state index contributed by atoms with van der Waals surface area (Å²) < 4.78 is 31.3. The van der Waals surface area contributed by atoms with Gasteiger partial charge in [0.25, 0.3) is 0 Å². The van der Waals surface area contributed by atoms with Gasteiger partial charge in [-0.2, -0.15) is 0 Å². The van der Waals surface area contributed by atoms with E-state index in [0.29, 0.717) is 18.7 Å². The maximum Gasteiger partial charge on any atom is 0.306 e. The maximum absolute atomic E-state index is 13.1. The number of methoxy groups -OCH3 is 1. The summed E-state index contributed by atoms with van der Waals surface area (Å²) in [4.78, 5) is 13.5. The lowest BCUT2D eigenvalue weighted by molar-refractivity contribution is -0.144. The molecule has 0 saturated carbocycles. The van der Waals surface area contributed by atoms with E-state index >= 15 is 0 Å². The Hall–Kier alpha value is -1.60. The summed E-state index contributed by atoms with van der Waals surface area (Å²) in [7, 11) is -2.16. The Balaban J connectivity index is 2.42. The van der Waals surface area contributed by atoms with Gasteiger partial charge in [-0.1, -0.05) is 0 Å². The SMILES string of the molecule is COc1ccc(S(=O)(=O)C2CC(C(=O)O)CCN2C(C)(C)C)cc1. The van der Waals surface area contributed by atoms with Crippen LogP contribution in [0.1, 0.15) is 33.6 Å². The van der Waals surface area contributed by atoms with E-state index in [1.54, 1.807) is 12.1 Å². The number of sulfone groups is 1. The van der Waals surface area contributed by atoms with Crippen LogP contribution in [-0.4, -0.2) is 49.0 Å². The van der Waals surface area contributed by atoms with E-state index < -0.39 is 27.1 Å². The monoisotopic (exact) mass is 355 g/mol. The van der Waals surface area contributed by atoms with Crippen molar-refractivity contribution >= 4 is 15.8 Å². The van der Waals surface area contributed by atoms with Crippen LogP contribution < -0.4 is 4.74 Å². The van der Waals surface area contributed by atoms with Crippen molar-refractivity contribution in [2.24, 2.45) is 5.92 Å². The molecule has 0 aliphatic carbocycles. The summed E-state index contributed by atoms with van der Waals surface area (Å²) in [6.45, 7) is 6.29. The average Bonchev–Trinajstić information content (AvgIpc) is 2.53. The molecule has 0 bridgehead atoms. The second-order valence-corrected chi connectivity index (χ2v) is 9.20. The predicted octanol–water partition coefficient (Wildman–Crippen LogP) is 2.39. The molecule has 7 heteroatoms. The molecule has 2 unspecified atom stereocenters. The summed E-state index contributed by atoms with van der Waals surface area (Å²) in [5, 5.41) is 8.47. The largest absolute Gasteiger partial charge is 0.497 e. The molecule has 1 N–H and O–H groups in total. The first-order valence-electron chi connectivity index (χ1n) is 7.95. The van der Waals surface area contributed by atoms with E-state index in [9.17, 15) is 18.3 Å². The van der Waals surface area contributed by atoms with E-state index in [1.165, 1.54) is 19.2 Å². The minimum Gasteiger partial charge on any atom is -0.497 e. The van der Waals surface area contributed by atoms with Crippen molar-refractivity contribution < 1.29 is 23.1 Å². The van der Waals surface area contributed by atoms with Gasteiger partial charge in [0.2, 0.25) is 0 Å². The van der Waals surface area contributed by atoms with E-state index in [-0.39, 0.29) is 16.9 Å². The minimum absolute atomic E-state index is 0.0982. The highest BCUT2D eigenvalue weighted by Gasteiger charge is 2.44. The average molecular weight is 355 g/mol. The van der Waals surface area contributed by atoms with Gasteiger partial charge in [0.15, 0.2) is 9.84 Å². The fourth-order valence-corrected chi connectivity index (χ4v) is 5.21. The Bertz CT molecular complexity index is 691. The molecule has 1 aromatic carbocycles.